The normalized spacial score (nSPS) is 17.5. The van der Waals surface area contributed by atoms with E-state index in [2.05, 4.69) is 6.58 Å². The summed E-state index contributed by atoms with van der Waals surface area (Å²) in [5.74, 6) is -3.83. The van der Waals surface area contributed by atoms with Crippen molar-refractivity contribution in [2.24, 2.45) is 0 Å². The zero-order valence-corrected chi connectivity index (χ0v) is 21.0. The van der Waals surface area contributed by atoms with Gasteiger partial charge in [0.2, 0.25) is 5.82 Å². The van der Waals surface area contributed by atoms with Gasteiger partial charge in [0.15, 0.2) is 23.2 Å². The van der Waals surface area contributed by atoms with Crippen LogP contribution in [-0.4, -0.2) is 12.7 Å². The molecule has 1 aliphatic carbocycles. The molecule has 1 aliphatic rings. The van der Waals surface area contributed by atoms with Crippen LogP contribution in [-0.2, 0) is 11.3 Å². The number of rotatable bonds is 10. The van der Waals surface area contributed by atoms with Gasteiger partial charge in [-0.15, -0.1) is 6.58 Å². The Bertz CT molecular complexity index is 1210. The van der Waals surface area contributed by atoms with Crippen molar-refractivity contribution >= 4 is 0 Å². The lowest BCUT2D eigenvalue weighted by Gasteiger charge is -2.29. The summed E-state index contributed by atoms with van der Waals surface area (Å²) in [6.45, 7) is 5.80. The SMILES string of the molecule is C=CCCCOc1ccc(C2CCC(OCc3ccc(-c4ccc(C)cc4)c(F)c3F)CC2)c(F)c1F. The van der Waals surface area contributed by atoms with Gasteiger partial charge in [-0.3, -0.25) is 0 Å². The van der Waals surface area contributed by atoms with Gasteiger partial charge >= 0.3 is 0 Å². The topological polar surface area (TPSA) is 18.5 Å². The first-order valence-electron chi connectivity index (χ1n) is 12.8. The van der Waals surface area contributed by atoms with Crippen molar-refractivity contribution in [3.63, 3.8) is 0 Å². The minimum atomic E-state index is -0.957. The summed E-state index contributed by atoms with van der Waals surface area (Å²) in [6, 6.07) is 13.5. The van der Waals surface area contributed by atoms with Gasteiger partial charge in [-0.05, 0) is 68.6 Å². The Morgan fingerprint density at radius 3 is 2.27 bits per heavy atom. The quantitative estimate of drug-likeness (QED) is 0.154. The molecule has 3 aromatic carbocycles. The first kappa shape index (κ1) is 26.9. The molecule has 0 atom stereocenters. The number of hydrogen-bond acceptors (Lipinski definition) is 2. The molecule has 0 aromatic heterocycles. The lowest BCUT2D eigenvalue weighted by atomic mass is 9.82. The Labute approximate surface area is 215 Å². The highest BCUT2D eigenvalue weighted by Crippen LogP contribution is 2.38. The van der Waals surface area contributed by atoms with Crippen molar-refractivity contribution in [1.82, 2.24) is 0 Å². The van der Waals surface area contributed by atoms with Gasteiger partial charge in [-0.2, -0.15) is 4.39 Å². The molecular formula is C31H32F4O2. The Morgan fingerprint density at radius 2 is 1.57 bits per heavy atom. The second-order valence-electron chi connectivity index (χ2n) is 9.61. The van der Waals surface area contributed by atoms with Crippen molar-refractivity contribution in [3.8, 4) is 16.9 Å². The van der Waals surface area contributed by atoms with Gasteiger partial charge in [0.25, 0.3) is 0 Å². The Hall–Kier alpha value is -3.12. The molecule has 196 valence electrons. The third-order valence-corrected chi connectivity index (χ3v) is 7.00. The summed E-state index contributed by atoms with van der Waals surface area (Å²) < 4.78 is 70.0. The summed E-state index contributed by atoms with van der Waals surface area (Å²) in [5, 5.41) is 0. The van der Waals surface area contributed by atoms with Crippen LogP contribution in [0.25, 0.3) is 11.1 Å². The highest BCUT2D eigenvalue weighted by Gasteiger charge is 2.27. The molecule has 0 bridgehead atoms. The molecule has 6 heteroatoms. The van der Waals surface area contributed by atoms with E-state index in [-0.39, 0.29) is 35.5 Å². The van der Waals surface area contributed by atoms with Crippen molar-refractivity contribution in [2.75, 3.05) is 6.61 Å². The van der Waals surface area contributed by atoms with Crippen molar-refractivity contribution < 1.29 is 27.0 Å². The number of allylic oxidation sites excluding steroid dienone is 1. The maximum atomic E-state index is 14.8. The highest BCUT2D eigenvalue weighted by atomic mass is 19.2. The number of ether oxygens (including phenoxy) is 2. The first-order chi connectivity index (χ1) is 17.9. The maximum absolute atomic E-state index is 14.8. The first-order valence-corrected chi connectivity index (χ1v) is 12.8. The third-order valence-electron chi connectivity index (χ3n) is 7.00. The van der Waals surface area contributed by atoms with Gasteiger partial charge in [-0.25, -0.2) is 13.2 Å². The van der Waals surface area contributed by atoms with Crippen LogP contribution < -0.4 is 4.74 Å². The van der Waals surface area contributed by atoms with Gasteiger partial charge in [0.05, 0.1) is 19.3 Å². The van der Waals surface area contributed by atoms with Crippen molar-refractivity contribution in [3.05, 3.63) is 101 Å². The fraction of sp³-hybridized carbons (Fsp3) is 0.355. The van der Waals surface area contributed by atoms with Crippen LogP contribution in [0, 0.1) is 30.2 Å². The van der Waals surface area contributed by atoms with Crippen LogP contribution in [0.2, 0.25) is 0 Å². The fourth-order valence-corrected chi connectivity index (χ4v) is 4.79. The molecule has 0 heterocycles. The predicted octanol–water partition coefficient (Wildman–Crippen LogP) is 8.81. The number of aryl methyl sites for hydroxylation is 1. The number of unbranched alkanes of at least 4 members (excludes halogenated alkanes) is 1. The molecule has 0 unspecified atom stereocenters. The molecule has 2 nitrogen and oxygen atoms in total. The lowest BCUT2D eigenvalue weighted by Crippen LogP contribution is -2.21. The number of hydrogen-bond donors (Lipinski definition) is 0. The maximum Gasteiger partial charge on any atom is 0.200 e. The molecule has 0 aliphatic heterocycles. The molecule has 1 saturated carbocycles. The average Bonchev–Trinajstić information content (AvgIpc) is 2.91. The Morgan fingerprint density at radius 1 is 0.838 bits per heavy atom. The van der Waals surface area contributed by atoms with Gasteiger partial charge < -0.3 is 9.47 Å². The van der Waals surface area contributed by atoms with E-state index in [0.717, 1.165) is 12.0 Å². The van der Waals surface area contributed by atoms with Crippen LogP contribution in [0.5, 0.6) is 5.75 Å². The monoisotopic (exact) mass is 512 g/mol. The molecule has 0 radical (unpaired) electrons. The van der Waals surface area contributed by atoms with E-state index in [0.29, 0.717) is 49.8 Å². The largest absolute Gasteiger partial charge is 0.490 e. The van der Waals surface area contributed by atoms with E-state index in [1.54, 1.807) is 36.4 Å². The minimum absolute atomic E-state index is 0.0485. The summed E-state index contributed by atoms with van der Waals surface area (Å²) in [7, 11) is 0. The summed E-state index contributed by atoms with van der Waals surface area (Å²) >= 11 is 0. The summed E-state index contributed by atoms with van der Waals surface area (Å²) in [5.41, 5.74) is 2.37. The van der Waals surface area contributed by atoms with Crippen LogP contribution in [0.4, 0.5) is 17.6 Å². The van der Waals surface area contributed by atoms with Gasteiger partial charge in [0.1, 0.15) is 0 Å². The van der Waals surface area contributed by atoms with E-state index >= 15 is 0 Å². The van der Waals surface area contributed by atoms with E-state index in [1.165, 1.54) is 6.07 Å². The molecule has 0 saturated heterocycles. The number of halogens is 4. The van der Waals surface area contributed by atoms with Crippen molar-refractivity contribution in [1.29, 1.82) is 0 Å². The Kier molecular flexibility index (Phi) is 9.04. The zero-order chi connectivity index (χ0) is 26.4. The Balaban J connectivity index is 1.32. The molecule has 0 spiro atoms. The van der Waals surface area contributed by atoms with E-state index < -0.39 is 23.3 Å². The standard InChI is InChI=1S/C31H32F4O2/c1-3-4-5-18-36-27-17-16-26(30(34)31(27)35)22-10-13-24(14-11-22)37-19-23-12-15-25(29(33)28(23)32)21-8-6-20(2)7-9-21/h3,6-9,12,15-17,22,24H,1,4-5,10-11,13-14,18-19H2,2H3. The molecule has 3 aromatic rings. The second kappa shape index (κ2) is 12.4. The molecule has 1 fully saturated rings. The van der Waals surface area contributed by atoms with Crippen molar-refractivity contribution in [2.45, 2.75) is 64.1 Å². The molecule has 37 heavy (non-hydrogen) atoms. The lowest BCUT2D eigenvalue weighted by molar-refractivity contribution is 0.0116. The second-order valence-corrected chi connectivity index (χ2v) is 9.61. The fourth-order valence-electron chi connectivity index (χ4n) is 4.79. The molecular weight excluding hydrogens is 480 g/mol. The molecule has 0 amide bonds. The van der Waals surface area contributed by atoms with Crippen LogP contribution in [0.15, 0.2) is 61.2 Å². The van der Waals surface area contributed by atoms with Crippen LogP contribution in [0.3, 0.4) is 0 Å². The third kappa shape index (κ3) is 6.42. The molecule has 4 rings (SSSR count). The van der Waals surface area contributed by atoms with Crippen LogP contribution in [0.1, 0.15) is 61.1 Å². The average molecular weight is 513 g/mol. The van der Waals surface area contributed by atoms with E-state index in [4.69, 9.17) is 9.47 Å². The van der Waals surface area contributed by atoms with E-state index in [1.807, 2.05) is 19.1 Å². The highest BCUT2D eigenvalue weighted by molar-refractivity contribution is 5.65. The minimum Gasteiger partial charge on any atom is -0.490 e. The van der Waals surface area contributed by atoms with Gasteiger partial charge in [-0.1, -0.05) is 54.1 Å². The zero-order valence-electron chi connectivity index (χ0n) is 21.0. The van der Waals surface area contributed by atoms with Gasteiger partial charge in [0, 0.05) is 11.1 Å². The smallest absolute Gasteiger partial charge is 0.200 e. The summed E-state index contributed by atoms with van der Waals surface area (Å²) in [4.78, 5) is 0. The molecule has 0 N–H and O–H groups in total. The van der Waals surface area contributed by atoms with E-state index in [9.17, 15) is 17.6 Å². The van der Waals surface area contributed by atoms with Crippen LogP contribution >= 0.6 is 0 Å². The predicted molar refractivity (Wildman–Crippen MR) is 138 cm³/mol. The number of benzene rings is 3. The summed E-state index contributed by atoms with van der Waals surface area (Å²) in [6.07, 6.45) is 5.50.